The molecule has 14 heavy (non-hydrogen) atoms. The fourth-order valence-corrected chi connectivity index (χ4v) is 1.51. The van der Waals surface area contributed by atoms with Crippen molar-refractivity contribution in [3.63, 3.8) is 0 Å². The standard InChI is InChI=1S/C11H21N3/c1-5-12-8-11(3,4)9-14-7-10(2)6-13-14/h6-7,12H,5,8-9H2,1-4H3. The zero-order chi connectivity index (χ0) is 10.6. The Balaban J connectivity index is 2.49. The second-order valence-electron chi connectivity index (χ2n) is 4.66. The van der Waals surface area contributed by atoms with E-state index >= 15 is 0 Å². The van der Waals surface area contributed by atoms with E-state index in [1.165, 1.54) is 5.56 Å². The van der Waals surface area contributed by atoms with Gasteiger partial charge in [0, 0.05) is 19.3 Å². The minimum Gasteiger partial charge on any atom is -0.316 e. The van der Waals surface area contributed by atoms with E-state index in [2.05, 4.69) is 44.3 Å². The van der Waals surface area contributed by atoms with Crippen LogP contribution in [0.5, 0.6) is 0 Å². The van der Waals surface area contributed by atoms with Gasteiger partial charge in [0.15, 0.2) is 0 Å². The SMILES string of the molecule is CCNCC(C)(C)Cn1cc(C)cn1. The summed E-state index contributed by atoms with van der Waals surface area (Å²) in [7, 11) is 0. The first-order valence-corrected chi connectivity index (χ1v) is 5.23. The lowest BCUT2D eigenvalue weighted by atomic mass is 9.93. The van der Waals surface area contributed by atoms with E-state index in [0.29, 0.717) is 0 Å². The molecule has 80 valence electrons. The largest absolute Gasteiger partial charge is 0.316 e. The molecular formula is C11H21N3. The topological polar surface area (TPSA) is 29.9 Å². The van der Waals surface area contributed by atoms with Gasteiger partial charge in [-0.2, -0.15) is 5.10 Å². The van der Waals surface area contributed by atoms with Crippen molar-refractivity contribution in [2.45, 2.75) is 34.2 Å². The van der Waals surface area contributed by atoms with Gasteiger partial charge < -0.3 is 5.32 Å². The molecule has 0 unspecified atom stereocenters. The molecule has 0 aliphatic carbocycles. The van der Waals surface area contributed by atoms with Crippen LogP contribution in [0.25, 0.3) is 0 Å². The lowest BCUT2D eigenvalue weighted by molar-refractivity contribution is 0.278. The summed E-state index contributed by atoms with van der Waals surface area (Å²) in [5, 5.41) is 7.67. The van der Waals surface area contributed by atoms with Crippen molar-refractivity contribution in [2.24, 2.45) is 5.41 Å². The quantitative estimate of drug-likeness (QED) is 0.776. The van der Waals surface area contributed by atoms with E-state index in [-0.39, 0.29) is 5.41 Å². The van der Waals surface area contributed by atoms with Crippen LogP contribution in [0.3, 0.4) is 0 Å². The Labute approximate surface area is 86.5 Å². The van der Waals surface area contributed by atoms with E-state index in [0.717, 1.165) is 19.6 Å². The third-order valence-corrected chi connectivity index (χ3v) is 2.21. The van der Waals surface area contributed by atoms with Crippen molar-refractivity contribution >= 4 is 0 Å². The molecule has 1 heterocycles. The monoisotopic (exact) mass is 195 g/mol. The van der Waals surface area contributed by atoms with Crippen molar-refractivity contribution in [1.82, 2.24) is 15.1 Å². The predicted octanol–water partition coefficient (Wildman–Crippen LogP) is 1.83. The van der Waals surface area contributed by atoms with Crippen LogP contribution in [0.4, 0.5) is 0 Å². The Morgan fingerprint density at radius 3 is 2.71 bits per heavy atom. The first kappa shape index (κ1) is 11.2. The van der Waals surface area contributed by atoms with Gasteiger partial charge in [-0.05, 0) is 24.4 Å². The van der Waals surface area contributed by atoms with Crippen LogP contribution in [-0.4, -0.2) is 22.9 Å². The average Bonchev–Trinajstić information content (AvgIpc) is 2.47. The molecule has 0 saturated carbocycles. The van der Waals surface area contributed by atoms with E-state index < -0.39 is 0 Å². The van der Waals surface area contributed by atoms with E-state index in [1.54, 1.807) is 0 Å². The molecule has 0 fully saturated rings. The molecule has 0 aromatic carbocycles. The van der Waals surface area contributed by atoms with Crippen molar-refractivity contribution in [3.05, 3.63) is 18.0 Å². The fraction of sp³-hybridized carbons (Fsp3) is 0.727. The lowest BCUT2D eigenvalue weighted by Crippen LogP contribution is -2.33. The third kappa shape index (κ3) is 3.50. The number of aryl methyl sites for hydroxylation is 1. The summed E-state index contributed by atoms with van der Waals surface area (Å²) < 4.78 is 2.02. The van der Waals surface area contributed by atoms with Crippen LogP contribution in [0.1, 0.15) is 26.3 Å². The summed E-state index contributed by atoms with van der Waals surface area (Å²) in [5.74, 6) is 0. The van der Waals surface area contributed by atoms with E-state index in [1.807, 2.05) is 10.9 Å². The first-order chi connectivity index (χ1) is 6.53. The van der Waals surface area contributed by atoms with Crippen molar-refractivity contribution in [1.29, 1.82) is 0 Å². The number of aromatic nitrogens is 2. The molecule has 0 spiro atoms. The van der Waals surface area contributed by atoms with Crippen LogP contribution >= 0.6 is 0 Å². The molecule has 3 nitrogen and oxygen atoms in total. The number of rotatable bonds is 5. The maximum atomic E-state index is 4.30. The number of nitrogens with zero attached hydrogens (tertiary/aromatic N) is 2. The lowest BCUT2D eigenvalue weighted by Gasteiger charge is -2.24. The summed E-state index contributed by atoms with van der Waals surface area (Å²) >= 11 is 0. The molecule has 0 atom stereocenters. The molecule has 1 aromatic heterocycles. The minimum atomic E-state index is 0.258. The van der Waals surface area contributed by atoms with Crippen molar-refractivity contribution in [2.75, 3.05) is 13.1 Å². The van der Waals surface area contributed by atoms with Gasteiger partial charge in [-0.15, -0.1) is 0 Å². The zero-order valence-corrected chi connectivity index (χ0v) is 9.67. The maximum absolute atomic E-state index is 4.30. The van der Waals surface area contributed by atoms with Gasteiger partial charge in [-0.25, -0.2) is 0 Å². The van der Waals surface area contributed by atoms with E-state index in [9.17, 15) is 0 Å². The molecule has 0 bridgehead atoms. The second-order valence-corrected chi connectivity index (χ2v) is 4.66. The molecule has 1 aromatic rings. The van der Waals surface area contributed by atoms with Gasteiger partial charge in [0.05, 0.1) is 6.20 Å². The zero-order valence-electron chi connectivity index (χ0n) is 9.67. The van der Waals surface area contributed by atoms with Gasteiger partial charge in [0.25, 0.3) is 0 Å². The van der Waals surface area contributed by atoms with Crippen LogP contribution in [0.2, 0.25) is 0 Å². The van der Waals surface area contributed by atoms with Crippen LogP contribution in [-0.2, 0) is 6.54 Å². The molecule has 0 amide bonds. The normalized spacial score (nSPS) is 12.0. The Morgan fingerprint density at radius 1 is 1.50 bits per heavy atom. The minimum absolute atomic E-state index is 0.258. The number of nitrogens with one attached hydrogen (secondary N) is 1. The summed E-state index contributed by atoms with van der Waals surface area (Å²) in [4.78, 5) is 0. The van der Waals surface area contributed by atoms with Crippen LogP contribution in [0.15, 0.2) is 12.4 Å². The van der Waals surface area contributed by atoms with Gasteiger partial charge in [0.2, 0.25) is 0 Å². The highest BCUT2D eigenvalue weighted by Gasteiger charge is 2.17. The summed E-state index contributed by atoms with van der Waals surface area (Å²) in [6.45, 7) is 11.7. The fourth-order valence-electron chi connectivity index (χ4n) is 1.51. The smallest absolute Gasteiger partial charge is 0.0518 e. The van der Waals surface area contributed by atoms with Gasteiger partial charge in [0.1, 0.15) is 0 Å². The van der Waals surface area contributed by atoms with E-state index in [4.69, 9.17) is 0 Å². The van der Waals surface area contributed by atoms with Crippen LogP contribution in [0, 0.1) is 12.3 Å². The maximum Gasteiger partial charge on any atom is 0.0518 e. The van der Waals surface area contributed by atoms with Gasteiger partial charge in [-0.3, -0.25) is 4.68 Å². The molecular weight excluding hydrogens is 174 g/mol. The molecule has 0 radical (unpaired) electrons. The molecule has 3 heteroatoms. The molecule has 0 saturated heterocycles. The average molecular weight is 195 g/mol. The van der Waals surface area contributed by atoms with Crippen molar-refractivity contribution < 1.29 is 0 Å². The summed E-state index contributed by atoms with van der Waals surface area (Å²) in [5.41, 5.74) is 1.48. The Hall–Kier alpha value is -0.830. The highest BCUT2D eigenvalue weighted by molar-refractivity contribution is 4.99. The highest BCUT2D eigenvalue weighted by Crippen LogP contribution is 2.16. The molecule has 0 aliphatic rings. The van der Waals surface area contributed by atoms with Crippen molar-refractivity contribution in [3.8, 4) is 0 Å². The second kappa shape index (κ2) is 4.60. The number of hydrogen-bond acceptors (Lipinski definition) is 2. The summed E-state index contributed by atoms with van der Waals surface area (Å²) in [6, 6.07) is 0. The van der Waals surface area contributed by atoms with Gasteiger partial charge in [-0.1, -0.05) is 20.8 Å². The first-order valence-electron chi connectivity index (χ1n) is 5.23. The van der Waals surface area contributed by atoms with Crippen LogP contribution < -0.4 is 5.32 Å². The molecule has 0 aliphatic heterocycles. The van der Waals surface area contributed by atoms with Gasteiger partial charge >= 0.3 is 0 Å². The highest BCUT2D eigenvalue weighted by atomic mass is 15.3. The molecule has 1 N–H and O–H groups in total. The predicted molar refractivity (Wildman–Crippen MR) is 59.3 cm³/mol. The third-order valence-electron chi connectivity index (χ3n) is 2.21. The Bertz CT molecular complexity index is 276. The Morgan fingerprint density at radius 2 is 2.21 bits per heavy atom. The Kier molecular flexibility index (Phi) is 3.69. The summed E-state index contributed by atoms with van der Waals surface area (Å²) in [6.07, 6.45) is 4.00. The molecule has 1 rings (SSSR count). The number of hydrogen-bond donors (Lipinski definition) is 1.